The summed E-state index contributed by atoms with van der Waals surface area (Å²) >= 11 is 3.33. The van der Waals surface area contributed by atoms with Gasteiger partial charge in [0.25, 0.3) is 0 Å². The van der Waals surface area contributed by atoms with Crippen molar-refractivity contribution >= 4 is 22.2 Å². The maximum absolute atomic E-state index is 10.8. The zero-order chi connectivity index (χ0) is 9.97. The van der Waals surface area contributed by atoms with E-state index < -0.39 is 0 Å². The highest BCUT2D eigenvalue weighted by molar-refractivity contribution is 9.10. The first kappa shape index (κ1) is 9.21. The average molecular weight is 250 g/mol. The maximum atomic E-state index is 10.8. The Labute approximate surface area is 90.1 Å². The van der Waals surface area contributed by atoms with Gasteiger partial charge in [-0.25, -0.2) is 0 Å². The van der Waals surface area contributed by atoms with E-state index in [2.05, 4.69) is 20.9 Å². The number of H-pyrrole nitrogens is 1. The predicted molar refractivity (Wildman–Crippen MR) is 59.3 cm³/mol. The molecule has 3 heteroatoms. The van der Waals surface area contributed by atoms with Crippen LogP contribution >= 0.6 is 15.9 Å². The Bertz CT molecular complexity index is 448. The molecule has 0 bridgehead atoms. The Balaban J connectivity index is 2.58. The number of benzene rings is 1. The third-order valence-corrected chi connectivity index (χ3v) is 2.52. The first-order chi connectivity index (χ1) is 6.81. The van der Waals surface area contributed by atoms with Crippen molar-refractivity contribution in [2.75, 3.05) is 0 Å². The molecule has 0 unspecified atom stereocenters. The summed E-state index contributed by atoms with van der Waals surface area (Å²) in [5.41, 5.74) is 2.56. The van der Waals surface area contributed by atoms with E-state index in [0.29, 0.717) is 5.56 Å². The van der Waals surface area contributed by atoms with Gasteiger partial charge in [-0.15, -0.1) is 0 Å². The maximum Gasteiger partial charge on any atom is 0.150 e. The number of carbonyl (C=O) groups excluding carboxylic acids is 1. The molecule has 2 nitrogen and oxygen atoms in total. The standard InChI is InChI=1S/C11H8BrNO/c12-9-3-4-10(8(6-9)7-14)11-2-1-5-13-11/h1-7,13H. The van der Waals surface area contributed by atoms with E-state index in [1.54, 1.807) is 0 Å². The lowest BCUT2D eigenvalue weighted by molar-refractivity contribution is 0.112. The number of aldehydes is 1. The first-order valence-electron chi connectivity index (χ1n) is 4.20. The number of rotatable bonds is 2. The topological polar surface area (TPSA) is 32.9 Å². The molecule has 1 aromatic heterocycles. The van der Waals surface area contributed by atoms with Crippen molar-refractivity contribution in [1.82, 2.24) is 4.98 Å². The van der Waals surface area contributed by atoms with Crippen LogP contribution in [-0.2, 0) is 0 Å². The van der Waals surface area contributed by atoms with E-state index in [-0.39, 0.29) is 0 Å². The molecule has 70 valence electrons. The number of carbonyl (C=O) groups is 1. The smallest absolute Gasteiger partial charge is 0.150 e. The molecule has 0 saturated carbocycles. The number of halogens is 1. The van der Waals surface area contributed by atoms with Crippen LogP contribution in [0.25, 0.3) is 11.3 Å². The van der Waals surface area contributed by atoms with E-state index in [9.17, 15) is 4.79 Å². The summed E-state index contributed by atoms with van der Waals surface area (Å²) in [5.74, 6) is 0. The monoisotopic (exact) mass is 249 g/mol. The Hall–Kier alpha value is -1.35. The van der Waals surface area contributed by atoms with E-state index in [1.807, 2.05) is 36.5 Å². The summed E-state index contributed by atoms with van der Waals surface area (Å²) in [6.07, 6.45) is 2.70. The fourth-order valence-electron chi connectivity index (χ4n) is 1.37. The number of aromatic amines is 1. The zero-order valence-electron chi connectivity index (χ0n) is 7.33. The number of hydrogen-bond donors (Lipinski definition) is 1. The normalized spacial score (nSPS) is 10.1. The highest BCUT2D eigenvalue weighted by atomic mass is 79.9. The number of aromatic nitrogens is 1. The van der Waals surface area contributed by atoms with E-state index in [1.165, 1.54) is 0 Å². The summed E-state index contributed by atoms with van der Waals surface area (Å²) in [5, 5.41) is 0. The second-order valence-electron chi connectivity index (χ2n) is 2.93. The lowest BCUT2D eigenvalue weighted by Crippen LogP contribution is -1.87. The molecule has 1 N–H and O–H groups in total. The van der Waals surface area contributed by atoms with Gasteiger partial charge < -0.3 is 4.98 Å². The van der Waals surface area contributed by atoms with Crippen molar-refractivity contribution in [3.63, 3.8) is 0 Å². The molecule has 0 atom stereocenters. The molecule has 14 heavy (non-hydrogen) atoms. The summed E-state index contributed by atoms with van der Waals surface area (Å²) < 4.78 is 0.912. The molecule has 1 aromatic carbocycles. The molecule has 0 aliphatic heterocycles. The fourth-order valence-corrected chi connectivity index (χ4v) is 1.75. The molecule has 0 aliphatic carbocycles. The lowest BCUT2D eigenvalue weighted by Gasteiger charge is -2.02. The molecular formula is C11H8BrNO. The third kappa shape index (κ3) is 1.63. The lowest BCUT2D eigenvalue weighted by atomic mass is 10.1. The van der Waals surface area contributed by atoms with Crippen molar-refractivity contribution < 1.29 is 4.79 Å². The first-order valence-corrected chi connectivity index (χ1v) is 4.99. The molecule has 1 heterocycles. The van der Waals surface area contributed by atoms with Gasteiger partial charge in [-0.1, -0.05) is 22.0 Å². The highest BCUT2D eigenvalue weighted by Crippen LogP contribution is 2.23. The van der Waals surface area contributed by atoms with Gasteiger partial charge in [-0.3, -0.25) is 4.79 Å². The van der Waals surface area contributed by atoms with Gasteiger partial charge >= 0.3 is 0 Å². The van der Waals surface area contributed by atoms with Crippen molar-refractivity contribution in [1.29, 1.82) is 0 Å². The summed E-state index contributed by atoms with van der Waals surface area (Å²) in [6, 6.07) is 9.49. The SMILES string of the molecule is O=Cc1cc(Br)ccc1-c1ccc[nH]1. The van der Waals surface area contributed by atoms with Crippen molar-refractivity contribution in [3.05, 3.63) is 46.6 Å². The van der Waals surface area contributed by atoms with Crippen LogP contribution in [0.3, 0.4) is 0 Å². The van der Waals surface area contributed by atoms with Crippen molar-refractivity contribution in [2.45, 2.75) is 0 Å². The summed E-state index contributed by atoms with van der Waals surface area (Å²) in [7, 11) is 0. The molecule has 0 spiro atoms. The molecule has 0 fully saturated rings. The van der Waals surface area contributed by atoms with Gasteiger partial charge in [0.05, 0.1) is 0 Å². The van der Waals surface area contributed by atoms with Gasteiger partial charge in [-0.2, -0.15) is 0 Å². The quantitative estimate of drug-likeness (QED) is 0.815. The van der Waals surface area contributed by atoms with E-state index in [4.69, 9.17) is 0 Å². The molecule has 2 aromatic rings. The minimum Gasteiger partial charge on any atom is -0.361 e. The van der Waals surface area contributed by atoms with E-state index >= 15 is 0 Å². The molecule has 2 rings (SSSR count). The molecule has 0 radical (unpaired) electrons. The van der Waals surface area contributed by atoms with Crippen LogP contribution in [0.15, 0.2) is 41.0 Å². The van der Waals surface area contributed by atoms with Crippen LogP contribution in [0.2, 0.25) is 0 Å². The molecule has 0 amide bonds. The van der Waals surface area contributed by atoms with Crippen LogP contribution < -0.4 is 0 Å². The van der Waals surface area contributed by atoms with Gasteiger partial charge in [0.2, 0.25) is 0 Å². The van der Waals surface area contributed by atoms with Crippen molar-refractivity contribution in [2.24, 2.45) is 0 Å². The van der Waals surface area contributed by atoms with Gasteiger partial charge in [0, 0.05) is 27.5 Å². The summed E-state index contributed by atoms with van der Waals surface area (Å²) in [6.45, 7) is 0. The third-order valence-electron chi connectivity index (χ3n) is 2.03. The minimum absolute atomic E-state index is 0.682. The van der Waals surface area contributed by atoms with E-state index in [0.717, 1.165) is 22.0 Å². The second kappa shape index (κ2) is 3.80. The van der Waals surface area contributed by atoms with Crippen LogP contribution in [0.4, 0.5) is 0 Å². The van der Waals surface area contributed by atoms with Crippen molar-refractivity contribution in [3.8, 4) is 11.3 Å². The van der Waals surface area contributed by atoms with Crippen LogP contribution in [0.1, 0.15) is 10.4 Å². The zero-order valence-corrected chi connectivity index (χ0v) is 8.91. The molecule has 0 aliphatic rings. The number of hydrogen-bond acceptors (Lipinski definition) is 1. The second-order valence-corrected chi connectivity index (χ2v) is 3.85. The van der Waals surface area contributed by atoms with Gasteiger partial charge in [-0.05, 0) is 24.3 Å². The van der Waals surface area contributed by atoms with Crippen LogP contribution in [0.5, 0.6) is 0 Å². The van der Waals surface area contributed by atoms with Gasteiger partial charge in [0.1, 0.15) is 0 Å². The average Bonchev–Trinajstić information content (AvgIpc) is 2.70. The Morgan fingerprint density at radius 1 is 1.29 bits per heavy atom. The van der Waals surface area contributed by atoms with Crippen LogP contribution in [0, 0.1) is 0 Å². The minimum atomic E-state index is 0.682. The summed E-state index contributed by atoms with van der Waals surface area (Å²) in [4.78, 5) is 13.9. The Morgan fingerprint density at radius 2 is 2.14 bits per heavy atom. The fraction of sp³-hybridized carbons (Fsp3) is 0. The highest BCUT2D eigenvalue weighted by Gasteiger charge is 2.04. The molecular weight excluding hydrogens is 242 g/mol. The van der Waals surface area contributed by atoms with Gasteiger partial charge in [0.15, 0.2) is 6.29 Å². The Kier molecular flexibility index (Phi) is 2.50. The van der Waals surface area contributed by atoms with Crippen LogP contribution in [-0.4, -0.2) is 11.3 Å². The predicted octanol–water partition coefficient (Wildman–Crippen LogP) is 3.26. The largest absolute Gasteiger partial charge is 0.361 e. The molecule has 0 saturated heterocycles. The Morgan fingerprint density at radius 3 is 2.79 bits per heavy atom. The number of nitrogens with one attached hydrogen (secondary N) is 1.